The summed E-state index contributed by atoms with van der Waals surface area (Å²) >= 11 is 0. The zero-order chi connectivity index (χ0) is 18.9. The molecule has 0 atom stereocenters. The van der Waals surface area contributed by atoms with Crippen LogP contribution in [0, 0.1) is 6.92 Å². The van der Waals surface area contributed by atoms with E-state index in [4.69, 9.17) is 0 Å². The van der Waals surface area contributed by atoms with E-state index in [2.05, 4.69) is 9.97 Å². The van der Waals surface area contributed by atoms with Crippen molar-refractivity contribution in [3.63, 3.8) is 0 Å². The van der Waals surface area contributed by atoms with Crippen LogP contribution in [0.15, 0.2) is 90.1 Å². The summed E-state index contributed by atoms with van der Waals surface area (Å²) in [6.45, 7) is 1.92. The molecule has 0 spiro atoms. The predicted molar refractivity (Wildman–Crippen MR) is 106 cm³/mol. The Labute approximate surface area is 158 Å². The van der Waals surface area contributed by atoms with E-state index in [1.165, 1.54) is 4.31 Å². The number of pyridine rings is 2. The first-order valence-corrected chi connectivity index (χ1v) is 9.87. The van der Waals surface area contributed by atoms with Gasteiger partial charge in [0.15, 0.2) is 0 Å². The molecule has 6 heteroatoms. The Kier molecular flexibility index (Phi) is 4.33. The highest BCUT2D eigenvalue weighted by molar-refractivity contribution is 7.93. The van der Waals surface area contributed by atoms with Crippen LogP contribution in [-0.4, -0.2) is 18.4 Å². The van der Waals surface area contributed by atoms with Crippen LogP contribution in [0.1, 0.15) is 5.56 Å². The van der Waals surface area contributed by atoms with Crippen molar-refractivity contribution in [3.8, 4) is 0 Å². The lowest BCUT2D eigenvalue weighted by Gasteiger charge is -2.23. The molecule has 0 aliphatic rings. The van der Waals surface area contributed by atoms with Crippen LogP contribution in [0.4, 0.5) is 11.5 Å². The average Bonchev–Trinajstić information content (AvgIpc) is 2.69. The first kappa shape index (κ1) is 17.2. The quantitative estimate of drug-likeness (QED) is 0.528. The van der Waals surface area contributed by atoms with Crippen molar-refractivity contribution in [1.82, 2.24) is 9.97 Å². The molecule has 0 N–H and O–H groups in total. The summed E-state index contributed by atoms with van der Waals surface area (Å²) in [5.41, 5.74) is 2.20. The lowest BCUT2D eigenvalue weighted by Crippen LogP contribution is -2.27. The van der Waals surface area contributed by atoms with E-state index >= 15 is 0 Å². The Bertz CT molecular complexity index is 1190. The Morgan fingerprint density at radius 3 is 2.26 bits per heavy atom. The number of anilines is 2. The van der Waals surface area contributed by atoms with E-state index in [0.717, 1.165) is 16.5 Å². The Balaban J connectivity index is 1.92. The van der Waals surface area contributed by atoms with Crippen molar-refractivity contribution in [1.29, 1.82) is 0 Å². The standard InChI is InChI=1S/C21H17N3O2S/c1-16-6-9-19(10-7-16)27(25,26)24(18-12-14-22-15-13-18)21-11-8-17-4-2-3-5-20(17)23-21/h2-15H,1H3. The predicted octanol–water partition coefficient (Wildman–Crippen LogP) is 4.47. The number of para-hydroxylation sites is 1. The second-order valence-electron chi connectivity index (χ2n) is 6.15. The SMILES string of the molecule is Cc1ccc(S(=O)(=O)N(c2ccncc2)c2ccc3ccccc3n2)cc1. The zero-order valence-electron chi connectivity index (χ0n) is 14.6. The summed E-state index contributed by atoms with van der Waals surface area (Å²) in [6, 6.07) is 21.3. The molecule has 4 rings (SSSR count). The number of hydrogen-bond acceptors (Lipinski definition) is 4. The number of nitrogens with zero attached hydrogens (tertiary/aromatic N) is 3. The fraction of sp³-hybridized carbons (Fsp3) is 0.0476. The first-order valence-electron chi connectivity index (χ1n) is 8.43. The average molecular weight is 375 g/mol. The summed E-state index contributed by atoms with van der Waals surface area (Å²) in [5.74, 6) is 0.334. The van der Waals surface area contributed by atoms with E-state index in [-0.39, 0.29) is 4.90 Å². The molecule has 5 nitrogen and oxygen atoms in total. The second-order valence-corrected chi connectivity index (χ2v) is 7.94. The van der Waals surface area contributed by atoms with E-state index in [1.807, 2.05) is 37.3 Å². The van der Waals surface area contributed by atoms with Crippen molar-refractivity contribution in [3.05, 3.63) is 90.8 Å². The maximum atomic E-state index is 13.4. The molecule has 0 fully saturated rings. The third-order valence-corrected chi connectivity index (χ3v) is 5.99. The molecule has 2 aromatic heterocycles. The molecule has 27 heavy (non-hydrogen) atoms. The molecule has 4 aromatic rings. The van der Waals surface area contributed by atoms with Gasteiger partial charge in [0.25, 0.3) is 10.0 Å². The maximum Gasteiger partial charge on any atom is 0.269 e. The molecular weight excluding hydrogens is 358 g/mol. The Hall–Kier alpha value is -3.25. The number of sulfonamides is 1. The van der Waals surface area contributed by atoms with Gasteiger partial charge in [-0.2, -0.15) is 0 Å². The number of fused-ring (bicyclic) bond motifs is 1. The summed E-state index contributed by atoms with van der Waals surface area (Å²) in [6.07, 6.45) is 3.13. The highest BCUT2D eigenvalue weighted by Gasteiger charge is 2.27. The minimum absolute atomic E-state index is 0.208. The second kappa shape index (κ2) is 6.81. The molecule has 0 saturated heterocycles. The Morgan fingerprint density at radius 2 is 1.52 bits per heavy atom. The molecule has 0 aliphatic carbocycles. The molecular formula is C21H17N3O2S. The van der Waals surface area contributed by atoms with Crippen LogP contribution in [0.3, 0.4) is 0 Å². The lowest BCUT2D eigenvalue weighted by molar-refractivity contribution is 0.596. The fourth-order valence-electron chi connectivity index (χ4n) is 2.86. The molecule has 2 aromatic carbocycles. The maximum absolute atomic E-state index is 13.4. The van der Waals surface area contributed by atoms with E-state index in [9.17, 15) is 8.42 Å². The molecule has 2 heterocycles. The third-order valence-electron chi connectivity index (χ3n) is 4.25. The number of aromatic nitrogens is 2. The summed E-state index contributed by atoms with van der Waals surface area (Å²) in [5, 5.41) is 0.948. The van der Waals surface area contributed by atoms with Crippen LogP contribution in [-0.2, 0) is 10.0 Å². The van der Waals surface area contributed by atoms with Gasteiger partial charge in [0.1, 0.15) is 5.82 Å². The number of aryl methyl sites for hydroxylation is 1. The summed E-state index contributed by atoms with van der Waals surface area (Å²) < 4.78 is 28.1. The van der Waals surface area contributed by atoms with Gasteiger partial charge in [-0.3, -0.25) is 4.98 Å². The summed E-state index contributed by atoms with van der Waals surface area (Å²) in [7, 11) is -3.85. The normalized spacial score (nSPS) is 11.4. The third kappa shape index (κ3) is 3.27. The zero-order valence-corrected chi connectivity index (χ0v) is 15.5. The van der Waals surface area contributed by atoms with Crippen LogP contribution < -0.4 is 4.31 Å². The molecule has 0 bridgehead atoms. The van der Waals surface area contributed by atoms with Gasteiger partial charge in [0, 0.05) is 17.8 Å². The highest BCUT2D eigenvalue weighted by Crippen LogP contribution is 2.32. The van der Waals surface area contributed by atoms with Crippen LogP contribution in [0.5, 0.6) is 0 Å². The van der Waals surface area contributed by atoms with Gasteiger partial charge in [0.05, 0.1) is 16.1 Å². The van der Waals surface area contributed by atoms with Crippen molar-refractivity contribution in [2.45, 2.75) is 11.8 Å². The molecule has 0 saturated carbocycles. The lowest BCUT2D eigenvalue weighted by atomic mass is 10.2. The van der Waals surface area contributed by atoms with E-state index in [0.29, 0.717) is 11.5 Å². The van der Waals surface area contributed by atoms with Gasteiger partial charge < -0.3 is 0 Å². The van der Waals surface area contributed by atoms with Gasteiger partial charge in [-0.15, -0.1) is 0 Å². The summed E-state index contributed by atoms with van der Waals surface area (Å²) in [4.78, 5) is 8.79. The molecule has 0 amide bonds. The number of benzene rings is 2. The van der Waals surface area contributed by atoms with Crippen molar-refractivity contribution < 1.29 is 8.42 Å². The fourth-order valence-corrected chi connectivity index (χ4v) is 4.30. The van der Waals surface area contributed by atoms with Gasteiger partial charge in [-0.1, -0.05) is 35.9 Å². The first-order chi connectivity index (χ1) is 13.1. The monoisotopic (exact) mass is 375 g/mol. The van der Waals surface area contributed by atoms with E-state index < -0.39 is 10.0 Å². The highest BCUT2D eigenvalue weighted by atomic mass is 32.2. The van der Waals surface area contributed by atoms with Crippen LogP contribution >= 0.6 is 0 Å². The van der Waals surface area contributed by atoms with Crippen molar-refractivity contribution >= 4 is 32.4 Å². The Morgan fingerprint density at radius 1 is 0.815 bits per heavy atom. The number of hydrogen-bond donors (Lipinski definition) is 0. The smallest absolute Gasteiger partial charge is 0.265 e. The van der Waals surface area contributed by atoms with Gasteiger partial charge in [-0.25, -0.2) is 17.7 Å². The van der Waals surface area contributed by atoms with Crippen molar-refractivity contribution in [2.75, 3.05) is 4.31 Å². The van der Waals surface area contributed by atoms with Gasteiger partial charge in [0.2, 0.25) is 0 Å². The topological polar surface area (TPSA) is 63.2 Å². The van der Waals surface area contributed by atoms with E-state index in [1.54, 1.807) is 54.9 Å². The molecule has 0 unspecified atom stereocenters. The minimum atomic E-state index is -3.85. The van der Waals surface area contributed by atoms with Crippen LogP contribution in [0.2, 0.25) is 0 Å². The van der Waals surface area contributed by atoms with Crippen molar-refractivity contribution in [2.24, 2.45) is 0 Å². The molecule has 0 radical (unpaired) electrons. The minimum Gasteiger partial charge on any atom is -0.265 e. The molecule has 0 aliphatic heterocycles. The van der Waals surface area contributed by atoms with Gasteiger partial charge in [-0.05, 0) is 49.4 Å². The largest absolute Gasteiger partial charge is 0.269 e. The van der Waals surface area contributed by atoms with Crippen LogP contribution in [0.25, 0.3) is 10.9 Å². The van der Waals surface area contributed by atoms with Gasteiger partial charge >= 0.3 is 0 Å². The number of rotatable bonds is 4. The molecule has 134 valence electrons.